The van der Waals surface area contributed by atoms with Crippen LogP contribution in [0, 0.1) is 13.8 Å². The second-order valence-electron chi connectivity index (χ2n) is 5.28. The maximum absolute atomic E-state index is 12.8. The second kappa shape index (κ2) is 6.19. The number of rotatable bonds is 4. The molecule has 0 aliphatic heterocycles. The summed E-state index contributed by atoms with van der Waals surface area (Å²) in [6.45, 7) is 3.56. The topological polar surface area (TPSA) is 86.5 Å². The smallest absolute Gasteiger partial charge is 0.258 e. The van der Waals surface area contributed by atoms with Crippen molar-refractivity contribution in [1.82, 2.24) is 10.1 Å². The number of aryl methyl sites for hydroxylation is 2. The molecule has 124 valence electrons. The van der Waals surface area contributed by atoms with Gasteiger partial charge < -0.3 is 19.3 Å². The van der Waals surface area contributed by atoms with Crippen LogP contribution >= 0.6 is 0 Å². The Balaban J connectivity index is 2.03. The van der Waals surface area contributed by atoms with Gasteiger partial charge in [0.25, 0.3) is 11.6 Å². The second-order valence-corrected chi connectivity index (χ2v) is 5.28. The van der Waals surface area contributed by atoms with E-state index in [-0.39, 0.29) is 5.91 Å². The van der Waals surface area contributed by atoms with Crippen LogP contribution in [0.15, 0.2) is 28.8 Å². The van der Waals surface area contributed by atoms with Crippen molar-refractivity contribution in [3.63, 3.8) is 0 Å². The fourth-order valence-corrected chi connectivity index (χ4v) is 2.50. The van der Waals surface area contributed by atoms with E-state index in [1.165, 1.54) is 7.11 Å². The highest BCUT2D eigenvalue weighted by Gasteiger charge is 2.19. The summed E-state index contributed by atoms with van der Waals surface area (Å²) in [4.78, 5) is 17.0. The SMILES string of the molecule is COc1ccc(OC)c(NC(=O)c2cc(C)nc3onc(C)c23)c1. The van der Waals surface area contributed by atoms with Gasteiger partial charge in [0.05, 0.1) is 36.6 Å². The average molecular weight is 327 g/mol. The van der Waals surface area contributed by atoms with Crippen LogP contribution in [0.2, 0.25) is 0 Å². The summed E-state index contributed by atoms with van der Waals surface area (Å²) >= 11 is 0. The van der Waals surface area contributed by atoms with Crippen molar-refractivity contribution in [2.45, 2.75) is 13.8 Å². The summed E-state index contributed by atoms with van der Waals surface area (Å²) in [6, 6.07) is 6.89. The molecule has 3 aromatic rings. The van der Waals surface area contributed by atoms with E-state index in [9.17, 15) is 4.79 Å². The molecule has 0 saturated carbocycles. The van der Waals surface area contributed by atoms with Gasteiger partial charge in [-0.2, -0.15) is 0 Å². The van der Waals surface area contributed by atoms with E-state index in [2.05, 4.69) is 15.5 Å². The summed E-state index contributed by atoms with van der Waals surface area (Å²) in [5.41, 5.74) is 2.58. The highest BCUT2D eigenvalue weighted by molar-refractivity contribution is 6.12. The summed E-state index contributed by atoms with van der Waals surface area (Å²) in [7, 11) is 3.10. The van der Waals surface area contributed by atoms with Crippen LogP contribution in [-0.2, 0) is 0 Å². The lowest BCUT2D eigenvalue weighted by atomic mass is 10.1. The largest absolute Gasteiger partial charge is 0.497 e. The zero-order valence-electron chi connectivity index (χ0n) is 13.8. The molecular weight excluding hydrogens is 310 g/mol. The first-order valence-corrected chi connectivity index (χ1v) is 7.30. The Morgan fingerprint density at radius 2 is 1.96 bits per heavy atom. The van der Waals surface area contributed by atoms with E-state index in [1.807, 2.05) is 0 Å². The number of nitrogens with one attached hydrogen (secondary N) is 1. The fraction of sp³-hybridized carbons (Fsp3) is 0.235. The third-order valence-electron chi connectivity index (χ3n) is 3.64. The number of methoxy groups -OCH3 is 2. The van der Waals surface area contributed by atoms with Crippen molar-refractivity contribution in [2.24, 2.45) is 0 Å². The quantitative estimate of drug-likeness (QED) is 0.792. The Bertz CT molecular complexity index is 918. The Kier molecular flexibility index (Phi) is 4.07. The predicted octanol–water partition coefficient (Wildman–Crippen LogP) is 3.11. The molecule has 0 aliphatic carbocycles. The Morgan fingerprint density at radius 3 is 2.67 bits per heavy atom. The van der Waals surface area contributed by atoms with Crippen LogP contribution < -0.4 is 14.8 Å². The Morgan fingerprint density at radius 1 is 1.17 bits per heavy atom. The first-order chi connectivity index (χ1) is 11.5. The molecule has 2 aromatic heterocycles. The number of aromatic nitrogens is 2. The van der Waals surface area contributed by atoms with Crippen LogP contribution in [0.1, 0.15) is 21.7 Å². The van der Waals surface area contributed by atoms with E-state index in [0.717, 1.165) is 0 Å². The van der Waals surface area contributed by atoms with Gasteiger partial charge >= 0.3 is 0 Å². The molecule has 0 unspecified atom stereocenters. The van der Waals surface area contributed by atoms with E-state index in [1.54, 1.807) is 45.2 Å². The molecule has 0 radical (unpaired) electrons. The third-order valence-corrected chi connectivity index (χ3v) is 3.64. The Labute approximate surface area is 138 Å². The molecule has 1 amide bonds. The molecule has 0 bridgehead atoms. The molecule has 7 nitrogen and oxygen atoms in total. The van der Waals surface area contributed by atoms with Crippen LogP contribution in [0.3, 0.4) is 0 Å². The van der Waals surface area contributed by atoms with E-state index >= 15 is 0 Å². The van der Waals surface area contributed by atoms with Gasteiger partial charge in [0.1, 0.15) is 11.5 Å². The summed E-state index contributed by atoms with van der Waals surface area (Å²) < 4.78 is 15.7. The van der Waals surface area contributed by atoms with Crippen molar-refractivity contribution < 1.29 is 18.8 Å². The fourth-order valence-electron chi connectivity index (χ4n) is 2.50. The third kappa shape index (κ3) is 2.76. The van der Waals surface area contributed by atoms with Crippen LogP contribution in [0.25, 0.3) is 11.1 Å². The van der Waals surface area contributed by atoms with Gasteiger partial charge in [-0.1, -0.05) is 5.16 Å². The van der Waals surface area contributed by atoms with Crippen LogP contribution in [0.5, 0.6) is 11.5 Å². The number of anilines is 1. The highest BCUT2D eigenvalue weighted by Crippen LogP contribution is 2.30. The molecule has 1 N–H and O–H groups in total. The highest BCUT2D eigenvalue weighted by atomic mass is 16.5. The minimum Gasteiger partial charge on any atom is -0.497 e. The zero-order valence-corrected chi connectivity index (χ0v) is 13.8. The first kappa shape index (κ1) is 15.8. The van der Waals surface area contributed by atoms with Crippen molar-refractivity contribution in [3.05, 3.63) is 41.2 Å². The lowest BCUT2D eigenvalue weighted by molar-refractivity contribution is 0.102. The van der Waals surface area contributed by atoms with Crippen molar-refractivity contribution in [3.8, 4) is 11.5 Å². The molecule has 0 atom stereocenters. The molecular formula is C17H17N3O4. The van der Waals surface area contributed by atoms with Gasteiger partial charge in [-0.3, -0.25) is 4.79 Å². The summed E-state index contributed by atoms with van der Waals surface area (Å²) in [5, 5.41) is 7.33. The Hall–Kier alpha value is -3.09. The van der Waals surface area contributed by atoms with Crippen molar-refractivity contribution in [1.29, 1.82) is 0 Å². The van der Waals surface area contributed by atoms with Gasteiger partial charge in [-0.25, -0.2) is 4.98 Å². The molecule has 0 spiro atoms. The van der Waals surface area contributed by atoms with E-state index < -0.39 is 0 Å². The van der Waals surface area contributed by atoms with Gasteiger partial charge in [0.15, 0.2) is 0 Å². The average Bonchev–Trinajstić information content (AvgIpc) is 2.94. The lowest BCUT2D eigenvalue weighted by Crippen LogP contribution is -2.14. The monoisotopic (exact) mass is 327 g/mol. The molecule has 0 fully saturated rings. The predicted molar refractivity (Wildman–Crippen MR) is 88.8 cm³/mol. The maximum atomic E-state index is 12.8. The van der Waals surface area contributed by atoms with Crippen LogP contribution in [0.4, 0.5) is 5.69 Å². The van der Waals surface area contributed by atoms with Gasteiger partial charge in [0.2, 0.25) is 0 Å². The number of benzene rings is 1. The number of hydrogen-bond donors (Lipinski definition) is 1. The van der Waals surface area contributed by atoms with E-state index in [4.69, 9.17) is 14.0 Å². The number of ether oxygens (including phenoxy) is 2. The molecule has 0 aliphatic rings. The van der Waals surface area contributed by atoms with Gasteiger partial charge in [-0.15, -0.1) is 0 Å². The summed E-state index contributed by atoms with van der Waals surface area (Å²) in [5.74, 6) is 0.847. The van der Waals surface area contributed by atoms with Gasteiger partial charge in [0, 0.05) is 11.8 Å². The van der Waals surface area contributed by atoms with Crippen molar-refractivity contribution >= 4 is 22.7 Å². The molecule has 7 heteroatoms. The number of carbonyl (C=O) groups is 1. The standard InChI is InChI=1S/C17H17N3O4/c1-9-7-12(15-10(2)20-24-17(15)18-9)16(21)19-13-8-11(22-3)5-6-14(13)23-4/h5-8H,1-4H3,(H,19,21). The maximum Gasteiger partial charge on any atom is 0.258 e. The van der Waals surface area contributed by atoms with Crippen molar-refractivity contribution in [2.75, 3.05) is 19.5 Å². The minimum atomic E-state index is -0.302. The zero-order chi connectivity index (χ0) is 17.3. The molecule has 0 saturated heterocycles. The molecule has 24 heavy (non-hydrogen) atoms. The number of pyridine rings is 1. The van der Waals surface area contributed by atoms with Crippen LogP contribution in [-0.4, -0.2) is 30.3 Å². The molecule has 1 aromatic carbocycles. The lowest BCUT2D eigenvalue weighted by Gasteiger charge is -2.12. The van der Waals surface area contributed by atoms with E-state index in [0.29, 0.717) is 45.2 Å². The normalized spacial score (nSPS) is 10.7. The molecule has 3 rings (SSSR count). The minimum absolute atomic E-state index is 0.302. The van der Waals surface area contributed by atoms with Gasteiger partial charge in [-0.05, 0) is 32.0 Å². The number of carbonyl (C=O) groups excluding carboxylic acids is 1. The molecule has 2 heterocycles. The first-order valence-electron chi connectivity index (χ1n) is 7.30. The number of hydrogen-bond acceptors (Lipinski definition) is 6. The number of fused-ring (bicyclic) bond motifs is 1. The summed E-state index contributed by atoms with van der Waals surface area (Å²) in [6.07, 6.45) is 0. The number of nitrogens with zero attached hydrogens (tertiary/aromatic N) is 2. The number of amides is 1.